The quantitative estimate of drug-likeness (QED) is 0.928. The van der Waals surface area contributed by atoms with Crippen LogP contribution in [0.2, 0.25) is 5.02 Å². The van der Waals surface area contributed by atoms with Crippen molar-refractivity contribution < 1.29 is 4.79 Å². The maximum Gasteiger partial charge on any atom is 0.232 e. The van der Waals surface area contributed by atoms with Crippen molar-refractivity contribution in [2.75, 3.05) is 18.8 Å². The summed E-state index contributed by atoms with van der Waals surface area (Å²) in [5, 5.41) is 4.14. The minimum Gasteiger partial charge on any atom is -0.336 e. The molecular weight excluding hydrogens is 292 g/mol. The molecule has 5 heteroatoms. The molecule has 1 aromatic carbocycles. The van der Waals surface area contributed by atoms with Gasteiger partial charge >= 0.3 is 0 Å². The van der Waals surface area contributed by atoms with Crippen LogP contribution in [0.3, 0.4) is 0 Å². The Bertz CT molecular complexity index is 452. The van der Waals surface area contributed by atoms with Crippen LogP contribution in [0.4, 0.5) is 0 Å². The summed E-state index contributed by atoms with van der Waals surface area (Å²) in [5.41, 5.74) is 1.20. The lowest BCUT2D eigenvalue weighted by Crippen LogP contribution is -2.57. The number of nitrogens with zero attached hydrogens (tertiary/aromatic N) is 1. The van der Waals surface area contributed by atoms with Gasteiger partial charge in [-0.25, -0.2) is 0 Å². The number of halogens is 1. The highest BCUT2D eigenvalue weighted by atomic mass is 35.5. The van der Waals surface area contributed by atoms with Crippen molar-refractivity contribution in [3.8, 4) is 0 Å². The molecule has 1 saturated heterocycles. The lowest BCUT2D eigenvalue weighted by Gasteiger charge is -2.38. The van der Waals surface area contributed by atoms with Crippen molar-refractivity contribution >= 4 is 29.3 Å². The highest BCUT2D eigenvalue weighted by Gasteiger charge is 2.27. The fourth-order valence-corrected chi connectivity index (χ4v) is 3.32. The molecule has 2 unspecified atom stereocenters. The van der Waals surface area contributed by atoms with Gasteiger partial charge in [0.1, 0.15) is 0 Å². The fourth-order valence-electron chi connectivity index (χ4n) is 2.33. The summed E-state index contributed by atoms with van der Waals surface area (Å²) < 4.78 is 0. The van der Waals surface area contributed by atoms with Crippen LogP contribution in [0.25, 0.3) is 0 Å². The van der Waals surface area contributed by atoms with Crippen molar-refractivity contribution in [1.82, 2.24) is 10.2 Å². The Labute approximate surface area is 130 Å². The summed E-state index contributed by atoms with van der Waals surface area (Å²) in [7, 11) is 0. The molecule has 1 heterocycles. The molecule has 0 radical (unpaired) electrons. The molecule has 1 aliphatic heterocycles. The third-order valence-electron chi connectivity index (χ3n) is 3.76. The standard InChI is InChI=1S/C15H21ClN2OS/c1-11-12(2)18(8-7-17-11)15(19)10-20-9-13-3-5-14(16)6-4-13/h3-6,11-12,17H,7-10H2,1-2H3. The molecule has 1 fully saturated rings. The van der Waals surface area contributed by atoms with Gasteiger partial charge in [-0.2, -0.15) is 0 Å². The molecule has 1 N–H and O–H groups in total. The van der Waals surface area contributed by atoms with Gasteiger partial charge in [-0.15, -0.1) is 11.8 Å². The van der Waals surface area contributed by atoms with Crippen molar-refractivity contribution in [3.63, 3.8) is 0 Å². The number of benzene rings is 1. The molecule has 1 aromatic rings. The highest BCUT2D eigenvalue weighted by Crippen LogP contribution is 2.17. The molecule has 110 valence electrons. The first-order chi connectivity index (χ1) is 9.58. The average Bonchev–Trinajstić information content (AvgIpc) is 2.44. The third-order valence-corrected chi connectivity index (χ3v) is 5.00. The van der Waals surface area contributed by atoms with E-state index in [1.165, 1.54) is 5.56 Å². The highest BCUT2D eigenvalue weighted by molar-refractivity contribution is 7.99. The molecule has 0 aromatic heterocycles. The molecule has 2 atom stereocenters. The summed E-state index contributed by atoms with van der Waals surface area (Å²) in [5.74, 6) is 1.63. The molecule has 0 spiro atoms. The Kier molecular flexibility index (Phi) is 5.75. The molecule has 1 amide bonds. The first-order valence-corrected chi connectivity index (χ1v) is 8.46. The van der Waals surface area contributed by atoms with Crippen LogP contribution >= 0.6 is 23.4 Å². The number of nitrogens with one attached hydrogen (secondary N) is 1. The molecular formula is C15H21ClN2OS. The predicted octanol–water partition coefficient (Wildman–Crippen LogP) is 2.78. The lowest BCUT2D eigenvalue weighted by atomic mass is 10.1. The zero-order chi connectivity index (χ0) is 14.5. The van der Waals surface area contributed by atoms with E-state index in [2.05, 4.69) is 19.2 Å². The first kappa shape index (κ1) is 15.7. The van der Waals surface area contributed by atoms with E-state index in [-0.39, 0.29) is 11.9 Å². The van der Waals surface area contributed by atoms with Gasteiger partial charge in [-0.1, -0.05) is 23.7 Å². The zero-order valence-corrected chi connectivity index (χ0v) is 13.5. The fraction of sp³-hybridized carbons (Fsp3) is 0.533. The Morgan fingerprint density at radius 3 is 2.80 bits per heavy atom. The number of thioether (sulfide) groups is 1. The number of amides is 1. The summed E-state index contributed by atoms with van der Waals surface area (Å²) >= 11 is 7.52. The summed E-state index contributed by atoms with van der Waals surface area (Å²) in [6.45, 7) is 5.94. The molecule has 0 bridgehead atoms. The molecule has 3 nitrogen and oxygen atoms in total. The van der Waals surface area contributed by atoms with Gasteiger partial charge in [0.05, 0.1) is 5.75 Å². The molecule has 0 saturated carbocycles. The number of carbonyl (C=O) groups is 1. The third kappa shape index (κ3) is 4.14. The molecule has 20 heavy (non-hydrogen) atoms. The second-order valence-corrected chi connectivity index (χ2v) is 6.61. The predicted molar refractivity (Wildman–Crippen MR) is 86.3 cm³/mol. The summed E-state index contributed by atoms with van der Waals surface area (Å²) in [6, 6.07) is 8.44. The molecule has 1 aliphatic rings. The minimum absolute atomic E-state index is 0.241. The monoisotopic (exact) mass is 312 g/mol. The van der Waals surface area contributed by atoms with Gasteiger partial charge in [0.25, 0.3) is 0 Å². The van der Waals surface area contributed by atoms with E-state index in [1.807, 2.05) is 29.2 Å². The Hall–Kier alpha value is -0.710. The average molecular weight is 313 g/mol. The van der Waals surface area contributed by atoms with E-state index >= 15 is 0 Å². The van der Waals surface area contributed by atoms with E-state index in [0.717, 1.165) is 23.9 Å². The molecule has 2 rings (SSSR count). The number of hydrogen-bond acceptors (Lipinski definition) is 3. The second kappa shape index (κ2) is 7.34. The van der Waals surface area contributed by atoms with Gasteiger partial charge in [0.15, 0.2) is 0 Å². The van der Waals surface area contributed by atoms with Crippen LogP contribution in [0.15, 0.2) is 24.3 Å². The van der Waals surface area contributed by atoms with E-state index < -0.39 is 0 Å². The van der Waals surface area contributed by atoms with E-state index in [0.29, 0.717) is 11.8 Å². The Morgan fingerprint density at radius 1 is 1.40 bits per heavy atom. The van der Waals surface area contributed by atoms with Crippen molar-refractivity contribution in [2.45, 2.75) is 31.7 Å². The number of carbonyl (C=O) groups excluding carboxylic acids is 1. The van der Waals surface area contributed by atoms with Gasteiger partial charge in [0, 0.05) is 35.9 Å². The van der Waals surface area contributed by atoms with Crippen molar-refractivity contribution in [1.29, 1.82) is 0 Å². The van der Waals surface area contributed by atoms with Gasteiger partial charge < -0.3 is 10.2 Å². The van der Waals surface area contributed by atoms with Crippen LogP contribution in [0.5, 0.6) is 0 Å². The molecule has 0 aliphatic carbocycles. The number of rotatable bonds is 4. The Morgan fingerprint density at radius 2 is 2.10 bits per heavy atom. The summed E-state index contributed by atoms with van der Waals surface area (Å²) in [6.07, 6.45) is 0. The summed E-state index contributed by atoms with van der Waals surface area (Å²) in [4.78, 5) is 14.3. The topological polar surface area (TPSA) is 32.3 Å². The normalized spacial score (nSPS) is 22.9. The second-order valence-electron chi connectivity index (χ2n) is 5.19. The van der Waals surface area contributed by atoms with Gasteiger partial charge in [-0.05, 0) is 31.5 Å². The van der Waals surface area contributed by atoms with Crippen molar-refractivity contribution in [2.24, 2.45) is 0 Å². The smallest absolute Gasteiger partial charge is 0.232 e. The zero-order valence-electron chi connectivity index (χ0n) is 11.9. The van der Waals surface area contributed by atoms with Gasteiger partial charge in [-0.3, -0.25) is 4.79 Å². The van der Waals surface area contributed by atoms with Crippen molar-refractivity contribution in [3.05, 3.63) is 34.9 Å². The SMILES string of the molecule is CC1NCCN(C(=O)CSCc2ccc(Cl)cc2)C1C. The van der Waals surface area contributed by atoms with E-state index in [9.17, 15) is 4.79 Å². The van der Waals surface area contributed by atoms with Crippen LogP contribution in [0, 0.1) is 0 Å². The van der Waals surface area contributed by atoms with Crippen LogP contribution < -0.4 is 5.32 Å². The van der Waals surface area contributed by atoms with E-state index in [1.54, 1.807) is 11.8 Å². The number of piperazine rings is 1. The maximum atomic E-state index is 12.3. The number of hydrogen-bond donors (Lipinski definition) is 1. The van der Waals surface area contributed by atoms with Crippen LogP contribution in [0.1, 0.15) is 19.4 Å². The Balaban J connectivity index is 1.78. The maximum absolute atomic E-state index is 12.3. The minimum atomic E-state index is 0.241. The largest absolute Gasteiger partial charge is 0.336 e. The van der Waals surface area contributed by atoms with Crippen LogP contribution in [-0.4, -0.2) is 41.7 Å². The van der Waals surface area contributed by atoms with Crippen LogP contribution in [-0.2, 0) is 10.5 Å². The van der Waals surface area contributed by atoms with E-state index in [4.69, 9.17) is 11.6 Å². The van der Waals surface area contributed by atoms with Gasteiger partial charge in [0.2, 0.25) is 5.91 Å². The lowest BCUT2D eigenvalue weighted by molar-refractivity contribution is -0.131. The first-order valence-electron chi connectivity index (χ1n) is 6.93.